The van der Waals surface area contributed by atoms with Gasteiger partial charge in [0.25, 0.3) is 0 Å². The Kier molecular flexibility index (Phi) is 5.31. The van der Waals surface area contributed by atoms with Crippen molar-refractivity contribution in [2.24, 2.45) is 0 Å². The zero-order valence-corrected chi connectivity index (χ0v) is 12.6. The highest BCUT2D eigenvalue weighted by molar-refractivity contribution is 5.87. The Hall–Kier alpha value is -1.84. The standard InChI is InChI=1S/C16H23NO3/c1-5-17(11-10-14(18)19)15(20)16(3,4)13-8-6-12(2)7-9-13/h6-9H,5,10-11H2,1-4H3,(H,18,19). The molecule has 0 saturated heterocycles. The summed E-state index contributed by atoms with van der Waals surface area (Å²) >= 11 is 0. The van der Waals surface area contributed by atoms with Crippen molar-refractivity contribution >= 4 is 11.9 Å². The van der Waals surface area contributed by atoms with Crippen LogP contribution in [0, 0.1) is 6.92 Å². The van der Waals surface area contributed by atoms with E-state index in [1.807, 2.05) is 52.0 Å². The topological polar surface area (TPSA) is 57.6 Å². The van der Waals surface area contributed by atoms with Crippen LogP contribution in [-0.4, -0.2) is 35.0 Å². The smallest absolute Gasteiger partial charge is 0.305 e. The average molecular weight is 277 g/mol. The summed E-state index contributed by atoms with van der Waals surface area (Å²) in [4.78, 5) is 24.9. The maximum absolute atomic E-state index is 12.6. The van der Waals surface area contributed by atoms with Crippen molar-refractivity contribution in [3.63, 3.8) is 0 Å². The Labute approximate surface area is 120 Å². The fraction of sp³-hybridized carbons (Fsp3) is 0.500. The molecule has 1 N–H and O–H groups in total. The Morgan fingerprint density at radius 2 is 1.75 bits per heavy atom. The lowest BCUT2D eigenvalue weighted by molar-refractivity contribution is -0.140. The first kappa shape index (κ1) is 16.2. The number of carboxylic acid groups (broad SMARTS) is 1. The van der Waals surface area contributed by atoms with Gasteiger partial charge in [-0.1, -0.05) is 29.8 Å². The van der Waals surface area contributed by atoms with Gasteiger partial charge in [-0.15, -0.1) is 0 Å². The van der Waals surface area contributed by atoms with Crippen molar-refractivity contribution in [2.45, 2.75) is 39.5 Å². The van der Waals surface area contributed by atoms with Crippen molar-refractivity contribution < 1.29 is 14.7 Å². The van der Waals surface area contributed by atoms with Crippen molar-refractivity contribution in [2.75, 3.05) is 13.1 Å². The molecule has 0 aliphatic heterocycles. The lowest BCUT2D eigenvalue weighted by atomic mass is 9.82. The molecule has 0 spiro atoms. The van der Waals surface area contributed by atoms with E-state index in [9.17, 15) is 9.59 Å². The molecule has 0 radical (unpaired) electrons. The normalized spacial score (nSPS) is 11.2. The number of rotatable bonds is 6. The fourth-order valence-corrected chi connectivity index (χ4v) is 2.12. The predicted molar refractivity (Wildman–Crippen MR) is 78.7 cm³/mol. The minimum Gasteiger partial charge on any atom is -0.481 e. The molecule has 0 aliphatic rings. The molecule has 0 saturated carbocycles. The third-order valence-corrected chi connectivity index (χ3v) is 3.57. The maximum Gasteiger partial charge on any atom is 0.305 e. The van der Waals surface area contributed by atoms with Gasteiger partial charge in [0.1, 0.15) is 0 Å². The van der Waals surface area contributed by atoms with Gasteiger partial charge < -0.3 is 10.0 Å². The van der Waals surface area contributed by atoms with Crippen LogP contribution < -0.4 is 0 Å². The molecule has 4 nitrogen and oxygen atoms in total. The average Bonchev–Trinajstić information content (AvgIpc) is 2.39. The zero-order valence-electron chi connectivity index (χ0n) is 12.6. The van der Waals surface area contributed by atoms with Crippen LogP contribution in [0.15, 0.2) is 24.3 Å². The summed E-state index contributed by atoms with van der Waals surface area (Å²) in [5.74, 6) is -0.922. The largest absolute Gasteiger partial charge is 0.481 e. The third-order valence-electron chi connectivity index (χ3n) is 3.57. The lowest BCUT2D eigenvalue weighted by Crippen LogP contribution is -2.44. The van der Waals surface area contributed by atoms with Crippen LogP contribution in [0.1, 0.15) is 38.3 Å². The minimum atomic E-state index is -0.885. The predicted octanol–water partition coefficient (Wildman–Crippen LogP) is 2.60. The van der Waals surface area contributed by atoms with Crippen molar-refractivity contribution in [1.29, 1.82) is 0 Å². The number of benzene rings is 1. The molecular weight excluding hydrogens is 254 g/mol. The number of amides is 1. The van der Waals surface area contributed by atoms with Gasteiger partial charge in [0.15, 0.2) is 0 Å². The van der Waals surface area contributed by atoms with Crippen LogP contribution in [0.3, 0.4) is 0 Å². The van der Waals surface area contributed by atoms with E-state index in [1.54, 1.807) is 4.90 Å². The quantitative estimate of drug-likeness (QED) is 0.869. The first-order valence-corrected chi connectivity index (χ1v) is 6.87. The number of hydrogen-bond acceptors (Lipinski definition) is 2. The van der Waals surface area contributed by atoms with E-state index in [0.717, 1.165) is 11.1 Å². The van der Waals surface area contributed by atoms with E-state index in [1.165, 1.54) is 0 Å². The SMILES string of the molecule is CCN(CCC(=O)O)C(=O)C(C)(C)c1ccc(C)cc1. The Morgan fingerprint density at radius 3 is 2.20 bits per heavy atom. The molecule has 20 heavy (non-hydrogen) atoms. The number of carbonyl (C=O) groups excluding carboxylic acids is 1. The molecule has 0 aromatic heterocycles. The summed E-state index contributed by atoms with van der Waals surface area (Å²) in [6.07, 6.45) is -0.0242. The molecule has 1 rings (SSSR count). The highest BCUT2D eigenvalue weighted by atomic mass is 16.4. The van der Waals surface area contributed by atoms with Crippen LogP contribution in [0.5, 0.6) is 0 Å². The second kappa shape index (κ2) is 6.55. The number of hydrogen-bond donors (Lipinski definition) is 1. The molecule has 4 heteroatoms. The van der Waals surface area contributed by atoms with Crippen LogP contribution in [0.4, 0.5) is 0 Å². The molecule has 1 aromatic rings. The number of nitrogens with zero attached hydrogens (tertiary/aromatic N) is 1. The van der Waals surface area contributed by atoms with Gasteiger partial charge >= 0.3 is 5.97 Å². The highest BCUT2D eigenvalue weighted by Gasteiger charge is 2.33. The van der Waals surface area contributed by atoms with Crippen molar-refractivity contribution in [3.05, 3.63) is 35.4 Å². The number of carbonyl (C=O) groups is 2. The van der Waals surface area contributed by atoms with Crippen LogP contribution >= 0.6 is 0 Å². The van der Waals surface area contributed by atoms with E-state index in [2.05, 4.69) is 0 Å². The van der Waals surface area contributed by atoms with E-state index in [-0.39, 0.29) is 18.9 Å². The van der Waals surface area contributed by atoms with Gasteiger partial charge in [0, 0.05) is 13.1 Å². The monoisotopic (exact) mass is 277 g/mol. The molecule has 0 bridgehead atoms. The molecule has 0 atom stereocenters. The maximum atomic E-state index is 12.6. The van der Waals surface area contributed by atoms with Gasteiger partial charge in [-0.3, -0.25) is 9.59 Å². The van der Waals surface area contributed by atoms with E-state index in [4.69, 9.17) is 5.11 Å². The second-order valence-corrected chi connectivity index (χ2v) is 5.52. The van der Waals surface area contributed by atoms with Gasteiger partial charge in [0.2, 0.25) is 5.91 Å². The molecule has 1 amide bonds. The van der Waals surface area contributed by atoms with Crippen LogP contribution in [0.2, 0.25) is 0 Å². The van der Waals surface area contributed by atoms with E-state index in [0.29, 0.717) is 6.54 Å². The number of aryl methyl sites for hydroxylation is 1. The summed E-state index contributed by atoms with van der Waals surface area (Å²) < 4.78 is 0. The molecule has 0 unspecified atom stereocenters. The highest BCUT2D eigenvalue weighted by Crippen LogP contribution is 2.26. The zero-order chi connectivity index (χ0) is 15.3. The number of likely N-dealkylation sites (N-methyl/N-ethyl adjacent to an activating group) is 1. The van der Waals surface area contributed by atoms with Crippen LogP contribution in [-0.2, 0) is 15.0 Å². The summed E-state index contributed by atoms with van der Waals surface area (Å²) in [7, 11) is 0. The van der Waals surface area contributed by atoms with Gasteiger partial charge in [-0.25, -0.2) is 0 Å². The Bertz CT molecular complexity index is 477. The molecular formula is C16H23NO3. The number of carboxylic acids is 1. The molecule has 0 fully saturated rings. The minimum absolute atomic E-state index is 0.0242. The van der Waals surface area contributed by atoms with Crippen molar-refractivity contribution in [3.8, 4) is 0 Å². The third kappa shape index (κ3) is 3.83. The fourth-order valence-electron chi connectivity index (χ4n) is 2.12. The molecule has 110 valence electrons. The first-order valence-electron chi connectivity index (χ1n) is 6.87. The van der Waals surface area contributed by atoms with Gasteiger partial charge in [-0.05, 0) is 33.3 Å². The van der Waals surface area contributed by atoms with E-state index < -0.39 is 11.4 Å². The second-order valence-electron chi connectivity index (χ2n) is 5.52. The first-order chi connectivity index (χ1) is 9.28. The number of aliphatic carboxylic acids is 1. The summed E-state index contributed by atoms with van der Waals surface area (Å²) in [6.45, 7) is 8.39. The Balaban J connectivity index is 2.91. The van der Waals surface area contributed by atoms with Crippen LogP contribution in [0.25, 0.3) is 0 Å². The molecule has 0 heterocycles. The Morgan fingerprint density at radius 1 is 1.20 bits per heavy atom. The summed E-state index contributed by atoms with van der Waals surface area (Å²) in [5.41, 5.74) is 1.44. The lowest BCUT2D eigenvalue weighted by Gasteiger charge is -2.31. The van der Waals surface area contributed by atoms with Gasteiger partial charge in [0.05, 0.1) is 11.8 Å². The molecule has 1 aromatic carbocycles. The molecule has 0 aliphatic carbocycles. The van der Waals surface area contributed by atoms with E-state index >= 15 is 0 Å². The summed E-state index contributed by atoms with van der Waals surface area (Å²) in [6, 6.07) is 7.88. The van der Waals surface area contributed by atoms with Crippen molar-refractivity contribution in [1.82, 2.24) is 4.90 Å². The van der Waals surface area contributed by atoms with Gasteiger partial charge in [-0.2, -0.15) is 0 Å². The summed E-state index contributed by atoms with van der Waals surface area (Å²) in [5, 5.41) is 8.75.